The van der Waals surface area contributed by atoms with Crippen molar-refractivity contribution in [3.63, 3.8) is 0 Å². The zero-order valence-corrected chi connectivity index (χ0v) is 12.4. The van der Waals surface area contributed by atoms with Crippen molar-refractivity contribution in [2.75, 3.05) is 5.32 Å². The molecule has 0 radical (unpaired) electrons. The average molecular weight is 332 g/mol. The molecule has 0 aliphatic heterocycles. The molecule has 0 spiro atoms. The second-order valence-corrected chi connectivity index (χ2v) is 5.81. The van der Waals surface area contributed by atoms with Gasteiger partial charge in [-0.2, -0.15) is 0 Å². The quantitative estimate of drug-likeness (QED) is 0.786. The lowest BCUT2D eigenvalue weighted by atomic mass is 10.2. The largest absolute Gasteiger partial charge is 0.376 e. The zero-order chi connectivity index (χ0) is 12.3. The van der Waals surface area contributed by atoms with E-state index in [2.05, 4.69) is 50.7 Å². The highest BCUT2D eigenvalue weighted by atomic mass is 79.9. The van der Waals surface area contributed by atoms with Crippen LogP contribution in [0.5, 0.6) is 0 Å². The lowest BCUT2D eigenvalue weighted by molar-refractivity contribution is 0.763. The fraction of sp³-hybridized carbons (Fsp3) is 0.250. The fourth-order valence-electron chi connectivity index (χ4n) is 1.57. The number of thiophene rings is 1. The Balaban J connectivity index is 2.16. The molecule has 2 nitrogen and oxygen atoms in total. The van der Waals surface area contributed by atoms with Crippen molar-refractivity contribution in [1.82, 2.24) is 4.98 Å². The van der Waals surface area contributed by atoms with Crippen molar-refractivity contribution in [3.8, 4) is 0 Å². The highest BCUT2D eigenvalue weighted by molar-refractivity contribution is 9.10. The monoisotopic (exact) mass is 330 g/mol. The molecule has 1 unspecified atom stereocenters. The minimum Gasteiger partial charge on any atom is -0.376 e. The van der Waals surface area contributed by atoms with Gasteiger partial charge in [0, 0.05) is 4.88 Å². The second kappa shape index (κ2) is 5.85. The first-order valence-corrected chi connectivity index (χ1v) is 7.36. The van der Waals surface area contributed by atoms with E-state index in [-0.39, 0.29) is 0 Å². The maximum Gasteiger partial charge on any atom is 0.143 e. The molecule has 90 valence electrons. The normalized spacial score (nSPS) is 12.4. The van der Waals surface area contributed by atoms with Crippen LogP contribution in [0.2, 0.25) is 5.15 Å². The lowest BCUT2D eigenvalue weighted by Gasteiger charge is -2.16. The minimum atomic E-state index is 0.324. The first kappa shape index (κ1) is 12.9. The standard InChI is InChI=1S/C12H12BrClN2S/c1-2-10(11-4-3-5-17-11)16-8-6-9(13)12(14)15-7-8/h3-7,10,16H,2H2,1H3. The fourth-order valence-corrected chi connectivity index (χ4v) is 2.88. The lowest BCUT2D eigenvalue weighted by Crippen LogP contribution is -2.08. The summed E-state index contributed by atoms with van der Waals surface area (Å²) < 4.78 is 0.810. The predicted octanol–water partition coefficient (Wildman–Crippen LogP) is 5.12. The Kier molecular flexibility index (Phi) is 4.42. The van der Waals surface area contributed by atoms with Gasteiger partial charge >= 0.3 is 0 Å². The van der Waals surface area contributed by atoms with Gasteiger partial charge in [0.1, 0.15) is 5.15 Å². The number of nitrogens with one attached hydrogen (secondary N) is 1. The van der Waals surface area contributed by atoms with E-state index in [1.165, 1.54) is 4.88 Å². The Morgan fingerprint density at radius 3 is 3.00 bits per heavy atom. The highest BCUT2D eigenvalue weighted by Crippen LogP contribution is 2.28. The Morgan fingerprint density at radius 1 is 1.59 bits per heavy atom. The summed E-state index contributed by atoms with van der Waals surface area (Å²) in [5, 5.41) is 6.04. The molecule has 0 saturated carbocycles. The molecule has 0 amide bonds. The molecule has 2 aromatic rings. The molecule has 2 aromatic heterocycles. The molecule has 0 aliphatic rings. The van der Waals surface area contributed by atoms with Crippen LogP contribution in [0.3, 0.4) is 0 Å². The highest BCUT2D eigenvalue weighted by Gasteiger charge is 2.10. The van der Waals surface area contributed by atoms with E-state index in [1.54, 1.807) is 17.5 Å². The van der Waals surface area contributed by atoms with Gasteiger partial charge in [0.2, 0.25) is 0 Å². The van der Waals surface area contributed by atoms with Gasteiger partial charge in [-0.25, -0.2) is 4.98 Å². The Labute approximate surface area is 118 Å². The zero-order valence-electron chi connectivity index (χ0n) is 9.28. The summed E-state index contributed by atoms with van der Waals surface area (Å²) in [5.41, 5.74) is 0.974. The topological polar surface area (TPSA) is 24.9 Å². The third-order valence-electron chi connectivity index (χ3n) is 2.43. The van der Waals surface area contributed by atoms with Gasteiger partial charge in [0.05, 0.1) is 22.4 Å². The van der Waals surface area contributed by atoms with Crippen LogP contribution in [0.1, 0.15) is 24.3 Å². The van der Waals surface area contributed by atoms with Gasteiger partial charge < -0.3 is 5.32 Å². The molecule has 5 heteroatoms. The van der Waals surface area contributed by atoms with Crippen molar-refractivity contribution >= 4 is 44.6 Å². The first-order valence-electron chi connectivity index (χ1n) is 5.31. The van der Waals surface area contributed by atoms with Gasteiger partial charge in [-0.15, -0.1) is 11.3 Å². The molecule has 0 fully saturated rings. The van der Waals surface area contributed by atoms with Crippen LogP contribution in [0.15, 0.2) is 34.2 Å². The van der Waals surface area contributed by atoms with Gasteiger partial charge in [-0.1, -0.05) is 24.6 Å². The molecule has 17 heavy (non-hydrogen) atoms. The molecule has 1 atom stereocenters. The number of anilines is 1. The summed E-state index contributed by atoms with van der Waals surface area (Å²) in [6.07, 6.45) is 2.78. The summed E-state index contributed by atoms with van der Waals surface area (Å²) in [6, 6.07) is 6.49. The molecule has 0 saturated heterocycles. The van der Waals surface area contributed by atoms with Crippen molar-refractivity contribution < 1.29 is 0 Å². The molecule has 2 rings (SSSR count). The van der Waals surface area contributed by atoms with Gasteiger partial charge in [-0.3, -0.25) is 0 Å². The molecule has 0 aliphatic carbocycles. The van der Waals surface area contributed by atoms with Crippen molar-refractivity contribution in [2.45, 2.75) is 19.4 Å². The van der Waals surface area contributed by atoms with E-state index < -0.39 is 0 Å². The van der Waals surface area contributed by atoms with Crippen molar-refractivity contribution in [2.24, 2.45) is 0 Å². The summed E-state index contributed by atoms with van der Waals surface area (Å²) in [6.45, 7) is 2.16. The summed E-state index contributed by atoms with van der Waals surface area (Å²) in [5.74, 6) is 0. The number of rotatable bonds is 4. The SMILES string of the molecule is CCC(Nc1cnc(Cl)c(Br)c1)c1cccs1. The summed E-state index contributed by atoms with van der Waals surface area (Å²) >= 11 is 11.0. The van der Waals surface area contributed by atoms with Crippen molar-refractivity contribution in [3.05, 3.63) is 44.3 Å². The van der Waals surface area contributed by atoms with Crippen molar-refractivity contribution in [1.29, 1.82) is 0 Å². The van der Waals surface area contributed by atoms with Crippen LogP contribution in [-0.4, -0.2) is 4.98 Å². The molecular weight excluding hydrogens is 320 g/mol. The van der Waals surface area contributed by atoms with Gasteiger partial charge in [0.15, 0.2) is 0 Å². The maximum absolute atomic E-state index is 5.87. The van der Waals surface area contributed by atoms with Crippen LogP contribution in [0.25, 0.3) is 0 Å². The Bertz CT molecular complexity index is 487. The number of nitrogens with zero attached hydrogens (tertiary/aromatic N) is 1. The van der Waals surface area contributed by atoms with E-state index >= 15 is 0 Å². The van der Waals surface area contributed by atoms with Gasteiger partial charge in [-0.05, 0) is 39.9 Å². The first-order chi connectivity index (χ1) is 8.20. The van der Waals surface area contributed by atoms with Crippen LogP contribution in [0.4, 0.5) is 5.69 Å². The number of pyridine rings is 1. The minimum absolute atomic E-state index is 0.324. The van der Waals surface area contributed by atoms with E-state index in [0.717, 1.165) is 16.6 Å². The van der Waals surface area contributed by atoms with Crippen LogP contribution < -0.4 is 5.32 Å². The number of halogens is 2. The van der Waals surface area contributed by atoms with E-state index in [4.69, 9.17) is 11.6 Å². The van der Waals surface area contributed by atoms with Crippen LogP contribution in [0, 0.1) is 0 Å². The molecule has 1 N–H and O–H groups in total. The predicted molar refractivity (Wildman–Crippen MR) is 77.9 cm³/mol. The average Bonchev–Trinajstić information content (AvgIpc) is 2.84. The van der Waals surface area contributed by atoms with E-state index in [1.807, 2.05) is 6.07 Å². The molecule has 0 aromatic carbocycles. The third kappa shape index (κ3) is 3.21. The summed E-state index contributed by atoms with van der Waals surface area (Å²) in [4.78, 5) is 5.44. The van der Waals surface area contributed by atoms with Gasteiger partial charge in [0.25, 0.3) is 0 Å². The maximum atomic E-state index is 5.87. The van der Waals surface area contributed by atoms with E-state index in [0.29, 0.717) is 11.2 Å². The summed E-state index contributed by atoms with van der Waals surface area (Å²) in [7, 11) is 0. The third-order valence-corrected chi connectivity index (χ3v) is 4.55. The number of hydrogen-bond acceptors (Lipinski definition) is 3. The molecule has 2 heterocycles. The molecular formula is C12H12BrClN2S. The van der Waals surface area contributed by atoms with Crippen LogP contribution in [-0.2, 0) is 0 Å². The smallest absolute Gasteiger partial charge is 0.143 e. The Hall–Kier alpha value is -0.580. The second-order valence-electron chi connectivity index (χ2n) is 3.62. The van der Waals surface area contributed by atoms with E-state index in [9.17, 15) is 0 Å². The number of hydrogen-bond donors (Lipinski definition) is 1. The number of aromatic nitrogens is 1. The van der Waals surface area contributed by atoms with Crippen LogP contribution >= 0.6 is 38.9 Å². The Morgan fingerprint density at radius 2 is 2.41 bits per heavy atom. The molecule has 0 bridgehead atoms.